The van der Waals surface area contributed by atoms with E-state index in [4.69, 9.17) is 14.2 Å². The van der Waals surface area contributed by atoms with Gasteiger partial charge >= 0.3 is 5.97 Å². The van der Waals surface area contributed by atoms with Crippen LogP contribution in [-0.4, -0.2) is 42.1 Å². The fourth-order valence-electron chi connectivity index (χ4n) is 2.93. The lowest BCUT2D eigenvalue weighted by Gasteiger charge is -2.08. The minimum Gasteiger partial charge on any atom is -0.507 e. The maximum atomic E-state index is 12.5. The van der Waals surface area contributed by atoms with Crippen LogP contribution in [0.15, 0.2) is 57.6 Å². The Morgan fingerprint density at radius 2 is 1.84 bits per heavy atom. The van der Waals surface area contributed by atoms with Crippen LogP contribution < -0.4 is 9.47 Å². The van der Waals surface area contributed by atoms with Gasteiger partial charge in [0.2, 0.25) is 0 Å². The van der Waals surface area contributed by atoms with E-state index in [1.54, 1.807) is 49.4 Å². The molecule has 0 aliphatic carbocycles. The number of benzene rings is 2. The molecule has 31 heavy (non-hydrogen) atoms. The second kappa shape index (κ2) is 9.61. The monoisotopic (exact) mass is 441 g/mol. The van der Waals surface area contributed by atoms with E-state index in [-0.39, 0.29) is 28.7 Å². The van der Waals surface area contributed by atoms with Crippen molar-refractivity contribution in [2.75, 3.05) is 20.8 Å². The Balaban J connectivity index is 2.08. The molecule has 1 heterocycles. The van der Waals surface area contributed by atoms with E-state index >= 15 is 0 Å². The molecule has 2 N–H and O–H groups in total. The topological polar surface area (TPSA) is 97.6 Å². The Kier molecular flexibility index (Phi) is 6.91. The number of aliphatic hydroxyl groups is 1. The third-order valence-corrected chi connectivity index (χ3v) is 5.46. The zero-order chi connectivity index (χ0) is 22.5. The Hall–Kier alpha value is -3.39. The number of carbonyl (C=O) groups is 1. The molecule has 8 heteroatoms. The van der Waals surface area contributed by atoms with Gasteiger partial charge in [-0.15, -0.1) is 0 Å². The lowest BCUT2D eigenvalue weighted by Crippen LogP contribution is -2.12. The molecule has 162 valence electrons. The lowest BCUT2D eigenvalue weighted by atomic mass is 10.1. The first-order valence-electron chi connectivity index (χ1n) is 9.48. The molecular formula is C23H23NO6S. The second-order valence-electron chi connectivity index (χ2n) is 6.57. The number of methoxy groups -OCH3 is 2. The van der Waals surface area contributed by atoms with E-state index in [1.807, 2.05) is 6.92 Å². The number of aromatic hydroxyl groups is 1. The van der Waals surface area contributed by atoms with Crippen molar-refractivity contribution >= 4 is 34.5 Å². The van der Waals surface area contributed by atoms with E-state index in [0.29, 0.717) is 27.7 Å². The number of phenolic OH excluding ortho intramolecular Hbond substituents is 1. The summed E-state index contributed by atoms with van der Waals surface area (Å²) in [4.78, 5) is 17.5. The van der Waals surface area contributed by atoms with Crippen LogP contribution in [0.4, 0.5) is 5.69 Å². The Labute approximate surface area is 184 Å². The molecular weight excluding hydrogens is 418 g/mol. The summed E-state index contributed by atoms with van der Waals surface area (Å²) in [5.41, 5.74) is 1.94. The van der Waals surface area contributed by atoms with Gasteiger partial charge in [-0.2, -0.15) is 0 Å². The largest absolute Gasteiger partial charge is 0.507 e. The zero-order valence-electron chi connectivity index (χ0n) is 17.6. The van der Waals surface area contributed by atoms with E-state index in [0.717, 1.165) is 17.3 Å². The number of rotatable bonds is 6. The third-order valence-electron chi connectivity index (χ3n) is 4.44. The molecule has 0 saturated carbocycles. The minimum absolute atomic E-state index is 0.0278. The number of aliphatic hydroxyl groups excluding tert-OH is 1. The number of aryl methyl sites for hydroxylation is 1. The number of hydrogen-bond donors (Lipinski definition) is 2. The molecule has 2 aromatic carbocycles. The number of aliphatic imine (C=N–C) groups is 1. The highest BCUT2D eigenvalue weighted by molar-refractivity contribution is 8.18. The Bertz CT molecular complexity index is 1100. The van der Waals surface area contributed by atoms with Crippen molar-refractivity contribution in [2.45, 2.75) is 13.8 Å². The molecule has 0 atom stereocenters. The maximum absolute atomic E-state index is 12.5. The van der Waals surface area contributed by atoms with E-state index < -0.39 is 5.97 Å². The normalized spacial score (nSPS) is 16.1. The molecule has 3 rings (SSSR count). The van der Waals surface area contributed by atoms with Crippen molar-refractivity contribution in [3.05, 3.63) is 63.8 Å². The van der Waals surface area contributed by atoms with Crippen LogP contribution >= 0.6 is 11.8 Å². The first kappa shape index (κ1) is 22.3. The van der Waals surface area contributed by atoms with E-state index in [1.165, 1.54) is 14.2 Å². The van der Waals surface area contributed by atoms with Crippen molar-refractivity contribution in [1.29, 1.82) is 0 Å². The van der Waals surface area contributed by atoms with Crippen molar-refractivity contribution in [3.8, 4) is 17.2 Å². The fraction of sp³-hybridized carbons (Fsp3) is 0.217. The molecule has 0 aromatic heterocycles. The van der Waals surface area contributed by atoms with Gasteiger partial charge in [0.05, 0.1) is 31.4 Å². The highest BCUT2D eigenvalue weighted by atomic mass is 32.2. The Morgan fingerprint density at radius 3 is 2.52 bits per heavy atom. The molecule has 0 unspecified atom stereocenters. The number of esters is 1. The highest BCUT2D eigenvalue weighted by Gasteiger charge is 2.33. The molecule has 7 nitrogen and oxygen atoms in total. The summed E-state index contributed by atoms with van der Waals surface area (Å²) in [6, 6.07) is 10.2. The highest BCUT2D eigenvalue weighted by Crippen LogP contribution is 2.42. The molecule has 0 amide bonds. The molecule has 0 spiro atoms. The summed E-state index contributed by atoms with van der Waals surface area (Å²) in [7, 11) is 3.05. The predicted molar refractivity (Wildman–Crippen MR) is 121 cm³/mol. The van der Waals surface area contributed by atoms with Gasteiger partial charge in [-0.25, -0.2) is 9.79 Å². The molecule has 1 aliphatic heterocycles. The van der Waals surface area contributed by atoms with Gasteiger partial charge in [-0.1, -0.05) is 23.4 Å². The van der Waals surface area contributed by atoms with Gasteiger partial charge in [0.25, 0.3) is 0 Å². The number of thioether (sulfide) groups is 1. The van der Waals surface area contributed by atoms with Crippen LogP contribution in [-0.2, 0) is 9.53 Å². The number of ether oxygens (including phenoxy) is 3. The summed E-state index contributed by atoms with van der Waals surface area (Å²) in [5, 5.41) is 21.2. The van der Waals surface area contributed by atoms with Crippen molar-refractivity contribution in [2.24, 2.45) is 4.99 Å². The van der Waals surface area contributed by atoms with Crippen LogP contribution in [0.5, 0.6) is 17.2 Å². The predicted octanol–water partition coefficient (Wildman–Crippen LogP) is 4.91. The molecule has 0 radical (unpaired) electrons. The van der Waals surface area contributed by atoms with Crippen molar-refractivity contribution < 1.29 is 29.2 Å². The average Bonchev–Trinajstić information content (AvgIpc) is 3.05. The number of hydrogen-bond acceptors (Lipinski definition) is 8. The first-order chi connectivity index (χ1) is 14.9. The van der Waals surface area contributed by atoms with Crippen molar-refractivity contribution in [3.63, 3.8) is 0 Å². The van der Waals surface area contributed by atoms with Crippen molar-refractivity contribution in [1.82, 2.24) is 0 Å². The molecule has 0 bridgehead atoms. The molecule has 2 aromatic rings. The number of phenols is 1. The maximum Gasteiger partial charge on any atom is 0.344 e. The van der Waals surface area contributed by atoms with Gasteiger partial charge in [0, 0.05) is 11.6 Å². The smallest absolute Gasteiger partial charge is 0.344 e. The first-order valence-corrected chi connectivity index (χ1v) is 10.3. The minimum atomic E-state index is -0.677. The standard InChI is InChI=1S/C23H23NO6S/c1-5-30-23(27)20-21(26)19(11-14-10-13(2)6-8-16(14)25)31-22(20)24-15-7-9-17(28-3)18(12-15)29-4/h6-12,25-26H,5H2,1-4H3/b19-11+,24-22?. The summed E-state index contributed by atoms with van der Waals surface area (Å²) in [6.45, 7) is 3.73. The Morgan fingerprint density at radius 1 is 1.10 bits per heavy atom. The SMILES string of the molecule is CCOC(=O)C1=C(O)/C(=C\c2cc(C)ccc2O)SC1=Nc1ccc(OC)c(OC)c1. The van der Waals surface area contributed by atoms with Crippen LogP contribution in [0.3, 0.4) is 0 Å². The average molecular weight is 442 g/mol. The van der Waals surface area contributed by atoms with Crippen LogP contribution in [0.2, 0.25) is 0 Å². The van der Waals surface area contributed by atoms with Crippen LogP contribution in [0, 0.1) is 6.92 Å². The lowest BCUT2D eigenvalue weighted by molar-refractivity contribution is -0.138. The molecule has 0 fully saturated rings. The van der Waals surface area contributed by atoms with Gasteiger partial charge in [0.15, 0.2) is 11.5 Å². The van der Waals surface area contributed by atoms with Gasteiger partial charge in [-0.05, 0) is 44.2 Å². The molecule has 1 aliphatic rings. The van der Waals surface area contributed by atoms with Crippen LogP contribution in [0.1, 0.15) is 18.1 Å². The van der Waals surface area contributed by atoms with E-state index in [9.17, 15) is 15.0 Å². The second-order valence-corrected chi connectivity index (χ2v) is 7.60. The number of nitrogens with zero attached hydrogens (tertiary/aromatic N) is 1. The molecule has 0 saturated heterocycles. The quantitative estimate of drug-likeness (QED) is 0.615. The zero-order valence-corrected chi connectivity index (χ0v) is 18.4. The van der Waals surface area contributed by atoms with Gasteiger partial charge in [-0.3, -0.25) is 0 Å². The van der Waals surface area contributed by atoms with Gasteiger partial charge < -0.3 is 24.4 Å². The number of carbonyl (C=O) groups excluding carboxylic acids is 1. The summed E-state index contributed by atoms with van der Waals surface area (Å²) < 4.78 is 15.7. The summed E-state index contributed by atoms with van der Waals surface area (Å²) >= 11 is 1.11. The fourth-order valence-corrected chi connectivity index (χ4v) is 3.96. The summed E-state index contributed by atoms with van der Waals surface area (Å²) in [5.74, 6) is 0.172. The van der Waals surface area contributed by atoms with E-state index in [2.05, 4.69) is 4.99 Å². The third kappa shape index (κ3) is 4.86. The van der Waals surface area contributed by atoms with Crippen LogP contribution in [0.25, 0.3) is 6.08 Å². The van der Waals surface area contributed by atoms with Gasteiger partial charge in [0.1, 0.15) is 22.1 Å². The summed E-state index contributed by atoms with van der Waals surface area (Å²) in [6.07, 6.45) is 1.61.